The van der Waals surface area contributed by atoms with Gasteiger partial charge in [0.25, 0.3) is 5.91 Å². The molecule has 4 nitrogen and oxygen atoms in total. The average Bonchev–Trinajstić information content (AvgIpc) is 3.18. The van der Waals surface area contributed by atoms with E-state index in [0.29, 0.717) is 11.3 Å². The molecule has 29 heavy (non-hydrogen) atoms. The first-order valence-corrected chi connectivity index (χ1v) is 9.04. The number of nitrogens with one attached hydrogen (secondary N) is 1. The molecule has 144 valence electrons. The largest absolute Gasteiger partial charge is 0.348 e. The fourth-order valence-electron chi connectivity index (χ4n) is 2.98. The topological polar surface area (TPSA) is 46.9 Å². The lowest BCUT2D eigenvalue weighted by atomic mass is 10.1. The van der Waals surface area contributed by atoms with E-state index in [2.05, 4.69) is 10.4 Å². The second-order valence-electron chi connectivity index (χ2n) is 6.48. The Balaban J connectivity index is 1.63. The molecule has 1 N–H and O–H groups in total. The Labute approximate surface area is 166 Å². The van der Waals surface area contributed by atoms with Crippen LogP contribution in [-0.2, 0) is 6.54 Å². The summed E-state index contributed by atoms with van der Waals surface area (Å²) >= 11 is 0. The van der Waals surface area contributed by atoms with Crippen molar-refractivity contribution in [1.82, 2.24) is 15.1 Å². The lowest BCUT2D eigenvalue weighted by Gasteiger charge is -2.06. The zero-order valence-corrected chi connectivity index (χ0v) is 15.3. The molecule has 6 heteroatoms. The number of amides is 1. The Morgan fingerprint density at radius 2 is 1.48 bits per heavy atom. The summed E-state index contributed by atoms with van der Waals surface area (Å²) in [6.07, 6.45) is 1.83. The van der Waals surface area contributed by atoms with Gasteiger partial charge >= 0.3 is 0 Å². The fraction of sp³-hybridized carbons (Fsp3) is 0.0435. The highest BCUT2D eigenvalue weighted by atomic mass is 19.1. The molecule has 0 saturated heterocycles. The van der Waals surface area contributed by atoms with Crippen LogP contribution in [0.5, 0.6) is 0 Å². The maximum absolute atomic E-state index is 13.3. The molecule has 0 fully saturated rings. The summed E-state index contributed by atoms with van der Waals surface area (Å²) in [6, 6.07) is 21.0. The van der Waals surface area contributed by atoms with Gasteiger partial charge in [-0.3, -0.25) is 4.79 Å². The molecule has 0 atom stereocenters. The molecule has 1 aromatic heterocycles. The summed E-state index contributed by atoms with van der Waals surface area (Å²) in [5.74, 6) is -1.05. The summed E-state index contributed by atoms with van der Waals surface area (Å²) in [7, 11) is 0. The molecule has 0 aliphatic carbocycles. The van der Waals surface area contributed by atoms with Gasteiger partial charge in [0.2, 0.25) is 0 Å². The van der Waals surface area contributed by atoms with Gasteiger partial charge in [0.1, 0.15) is 11.6 Å². The number of hydrogen-bond acceptors (Lipinski definition) is 2. The van der Waals surface area contributed by atoms with Crippen LogP contribution in [0.2, 0.25) is 0 Å². The van der Waals surface area contributed by atoms with Crippen molar-refractivity contribution >= 4 is 5.91 Å². The number of carbonyl (C=O) groups excluding carboxylic acids is 1. The highest BCUT2D eigenvalue weighted by Gasteiger charge is 2.14. The molecule has 0 spiro atoms. The van der Waals surface area contributed by atoms with Gasteiger partial charge in [0.15, 0.2) is 0 Å². The van der Waals surface area contributed by atoms with E-state index in [-0.39, 0.29) is 18.3 Å². The van der Waals surface area contributed by atoms with Crippen LogP contribution in [0.3, 0.4) is 0 Å². The van der Waals surface area contributed by atoms with Gasteiger partial charge in [-0.05, 0) is 60.7 Å². The lowest BCUT2D eigenvalue weighted by Crippen LogP contribution is -2.22. The third-order valence-corrected chi connectivity index (χ3v) is 4.47. The molecule has 3 aromatic carbocycles. The van der Waals surface area contributed by atoms with Crippen LogP contribution in [-0.4, -0.2) is 15.7 Å². The van der Waals surface area contributed by atoms with E-state index in [0.717, 1.165) is 16.8 Å². The summed E-state index contributed by atoms with van der Waals surface area (Å²) in [5, 5.41) is 7.47. The van der Waals surface area contributed by atoms with E-state index in [1.807, 2.05) is 36.5 Å². The molecule has 0 aliphatic heterocycles. The number of aromatic nitrogens is 2. The molecule has 1 amide bonds. The van der Waals surface area contributed by atoms with Crippen LogP contribution in [0.1, 0.15) is 15.9 Å². The van der Waals surface area contributed by atoms with Gasteiger partial charge in [-0.25, -0.2) is 13.5 Å². The molecule has 0 radical (unpaired) electrons. The van der Waals surface area contributed by atoms with Crippen molar-refractivity contribution in [2.75, 3.05) is 0 Å². The van der Waals surface area contributed by atoms with E-state index in [1.54, 1.807) is 16.8 Å². The van der Waals surface area contributed by atoms with Crippen LogP contribution in [0.25, 0.3) is 16.9 Å². The van der Waals surface area contributed by atoms with Gasteiger partial charge in [0, 0.05) is 29.4 Å². The van der Waals surface area contributed by atoms with Crippen LogP contribution in [0, 0.1) is 11.6 Å². The van der Waals surface area contributed by atoms with Crippen molar-refractivity contribution in [3.63, 3.8) is 0 Å². The zero-order chi connectivity index (χ0) is 20.2. The maximum Gasteiger partial charge on any atom is 0.251 e. The molecule has 0 aliphatic rings. The first-order valence-electron chi connectivity index (χ1n) is 9.04. The Kier molecular flexibility index (Phi) is 5.16. The molecule has 1 heterocycles. The average molecular weight is 389 g/mol. The molecule has 4 rings (SSSR count). The highest BCUT2D eigenvalue weighted by Crippen LogP contribution is 2.24. The standard InChI is InChI=1S/C23H17F2N3O/c24-19-10-6-16(7-11-19)22-18(15-28(27-22)21-4-2-1-3-5-21)14-26-23(29)17-8-12-20(25)13-9-17/h1-13,15H,14H2,(H,26,29). The first-order chi connectivity index (χ1) is 14.1. The SMILES string of the molecule is O=C(NCc1cn(-c2ccccc2)nc1-c1ccc(F)cc1)c1ccc(F)cc1. The fourth-order valence-corrected chi connectivity index (χ4v) is 2.98. The Morgan fingerprint density at radius 3 is 2.14 bits per heavy atom. The summed E-state index contributed by atoms with van der Waals surface area (Å²) < 4.78 is 28.1. The third kappa shape index (κ3) is 4.21. The smallest absolute Gasteiger partial charge is 0.251 e. The first kappa shape index (κ1) is 18.6. The monoisotopic (exact) mass is 389 g/mol. The molecular weight excluding hydrogens is 372 g/mol. The summed E-state index contributed by atoms with van der Waals surface area (Å²) in [4.78, 5) is 12.4. The van der Waals surface area contributed by atoms with E-state index >= 15 is 0 Å². The number of nitrogens with zero attached hydrogens (tertiary/aromatic N) is 2. The maximum atomic E-state index is 13.3. The van der Waals surface area contributed by atoms with Crippen molar-refractivity contribution in [2.45, 2.75) is 6.54 Å². The molecule has 0 unspecified atom stereocenters. The van der Waals surface area contributed by atoms with Crippen molar-refractivity contribution in [3.05, 3.63) is 108 Å². The van der Waals surface area contributed by atoms with E-state index in [1.165, 1.54) is 36.4 Å². The minimum absolute atomic E-state index is 0.218. The summed E-state index contributed by atoms with van der Waals surface area (Å²) in [5.41, 5.74) is 3.40. The third-order valence-electron chi connectivity index (χ3n) is 4.47. The minimum Gasteiger partial charge on any atom is -0.348 e. The van der Waals surface area contributed by atoms with Crippen molar-refractivity contribution in [2.24, 2.45) is 0 Å². The number of benzene rings is 3. The zero-order valence-electron chi connectivity index (χ0n) is 15.3. The lowest BCUT2D eigenvalue weighted by molar-refractivity contribution is 0.0951. The van der Waals surface area contributed by atoms with Gasteiger partial charge in [0.05, 0.1) is 11.4 Å². The molecule has 0 saturated carbocycles. The van der Waals surface area contributed by atoms with Crippen LogP contribution < -0.4 is 5.32 Å². The Bertz CT molecular complexity index is 1120. The van der Waals surface area contributed by atoms with E-state index in [4.69, 9.17) is 0 Å². The Morgan fingerprint density at radius 1 is 0.862 bits per heavy atom. The van der Waals surface area contributed by atoms with Crippen molar-refractivity contribution in [1.29, 1.82) is 0 Å². The van der Waals surface area contributed by atoms with Crippen LogP contribution in [0.4, 0.5) is 8.78 Å². The minimum atomic E-state index is -0.399. The van der Waals surface area contributed by atoms with Crippen molar-refractivity contribution in [3.8, 4) is 16.9 Å². The van der Waals surface area contributed by atoms with E-state index in [9.17, 15) is 13.6 Å². The predicted octanol–water partition coefficient (Wildman–Crippen LogP) is 4.75. The highest BCUT2D eigenvalue weighted by molar-refractivity contribution is 5.94. The number of para-hydroxylation sites is 1. The molecule has 4 aromatic rings. The second kappa shape index (κ2) is 8.06. The summed E-state index contributed by atoms with van der Waals surface area (Å²) in [6.45, 7) is 0.218. The van der Waals surface area contributed by atoms with E-state index < -0.39 is 5.82 Å². The predicted molar refractivity (Wildman–Crippen MR) is 107 cm³/mol. The Hall–Kier alpha value is -3.80. The normalized spacial score (nSPS) is 10.7. The van der Waals surface area contributed by atoms with Gasteiger partial charge < -0.3 is 5.32 Å². The van der Waals surface area contributed by atoms with Gasteiger partial charge in [-0.1, -0.05) is 18.2 Å². The molecular formula is C23H17F2N3O. The van der Waals surface area contributed by atoms with Crippen LogP contribution in [0.15, 0.2) is 85.1 Å². The van der Waals surface area contributed by atoms with Crippen LogP contribution >= 0.6 is 0 Å². The second-order valence-corrected chi connectivity index (χ2v) is 6.48. The number of halogens is 2. The number of rotatable bonds is 5. The molecule has 0 bridgehead atoms. The van der Waals surface area contributed by atoms with Gasteiger partial charge in [-0.15, -0.1) is 0 Å². The number of carbonyl (C=O) groups is 1. The van der Waals surface area contributed by atoms with Gasteiger partial charge in [-0.2, -0.15) is 5.10 Å². The quantitative estimate of drug-likeness (QED) is 0.536. The number of hydrogen-bond donors (Lipinski definition) is 1. The van der Waals surface area contributed by atoms with Crippen molar-refractivity contribution < 1.29 is 13.6 Å².